The number of carbonyl (C=O) groups is 1. The van der Waals surface area contributed by atoms with Crippen LogP contribution in [0.2, 0.25) is 10.0 Å². The van der Waals surface area contributed by atoms with E-state index in [-0.39, 0.29) is 0 Å². The summed E-state index contributed by atoms with van der Waals surface area (Å²) in [5.74, 6) is -1.53. The van der Waals surface area contributed by atoms with Crippen LogP contribution in [0.25, 0.3) is 44.6 Å². The van der Waals surface area contributed by atoms with Crippen LogP contribution in [-0.4, -0.2) is 40.6 Å². The Kier molecular flexibility index (Phi) is 5.84. The van der Waals surface area contributed by atoms with Gasteiger partial charge in [-0.05, 0) is 12.1 Å². The Morgan fingerprint density at radius 1 is 1.09 bits per heavy atom. The molecule has 0 fully saturated rings. The van der Waals surface area contributed by atoms with Crippen molar-refractivity contribution in [3.8, 4) is 22.5 Å². The minimum absolute atomic E-state index is 0.424. The number of hydrogen-bond donors (Lipinski definition) is 2. The average molecular weight is 505 g/mol. The topological polar surface area (TPSA) is 110 Å². The Labute approximate surface area is 209 Å². The number of carboxylic acid groups (broad SMARTS) is 1. The summed E-state index contributed by atoms with van der Waals surface area (Å²) in [6.07, 6.45) is 13.0. The molecule has 0 bridgehead atoms. The van der Waals surface area contributed by atoms with E-state index in [4.69, 9.17) is 28.2 Å². The number of allylic oxidation sites excluding steroid dienone is 1. The van der Waals surface area contributed by atoms with Gasteiger partial charge in [-0.2, -0.15) is 0 Å². The summed E-state index contributed by atoms with van der Waals surface area (Å²) in [7, 11) is 0. The van der Waals surface area contributed by atoms with Gasteiger partial charge >= 0.3 is 5.97 Å². The Morgan fingerprint density at radius 2 is 1.91 bits per heavy atom. The van der Waals surface area contributed by atoms with Gasteiger partial charge in [0.25, 0.3) is 0 Å². The van der Waals surface area contributed by atoms with Crippen LogP contribution in [-0.2, 0) is 4.79 Å². The molecule has 5 aromatic rings. The number of aliphatic carboxylic acids is 1. The first-order valence-electron chi connectivity index (χ1n) is 10.5. The summed E-state index contributed by atoms with van der Waals surface area (Å²) in [4.78, 5) is 32.9. The lowest BCUT2D eigenvalue weighted by Gasteiger charge is -2.20. The van der Waals surface area contributed by atoms with Crippen molar-refractivity contribution in [2.75, 3.05) is 0 Å². The van der Waals surface area contributed by atoms with Crippen molar-refractivity contribution in [2.45, 2.75) is 6.04 Å². The zero-order valence-corrected chi connectivity index (χ0v) is 19.7. The van der Waals surface area contributed by atoms with Crippen molar-refractivity contribution in [2.24, 2.45) is 5.92 Å². The van der Waals surface area contributed by atoms with Gasteiger partial charge in [-0.1, -0.05) is 35.4 Å². The molecular formula is C25H18Cl2N6O2. The first-order valence-corrected chi connectivity index (χ1v) is 11.3. The number of H-pyrrole nitrogens is 1. The molecule has 0 saturated heterocycles. The molecule has 35 heavy (non-hydrogen) atoms. The Morgan fingerprint density at radius 3 is 2.63 bits per heavy atom. The summed E-state index contributed by atoms with van der Waals surface area (Å²) < 4.78 is 1.76. The summed E-state index contributed by atoms with van der Waals surface area (Å²) in [5.41, 5.74) is 3.33. The SMILES string of the molecule is C=C[C@H]([C@@H](C=C)C(=O)O)n1cc(-c2ccncc2Cl)c2cnc(-c3c[nH]c4ncc(Cl)cc34)nc21. The van der Waals surface area contributed by atoms with Crippen LogP contribution in [0.5, 0.6) is 0 Å². The van der Waals surface area contributed by atoms with Gasteiger partial charge in [0.1, 0.15) is 11.3 Å². The number of aromatic nitrogens is 6. The second-order valence-corrected chi connectivity index (χ2v) is 8.66. The standard InChI is InChI=1S/C25H18Cl2N6O2/c1-3-14(25(34)35)21(4-2)33-12-19(15-5-6-28-11-20(15)27)18-10-31-23(32-24(18)33)17-9-30-22-16(17)7-13(26)8-29-22/h3-12,14,21H,1-2H2,(H,29,30)(H,34,35)/t14-,21-/m1/s1. The van der Waals surface area contributed by atoms with Gasteiger partial charge in [0.15, 0.2) is 5.82 Å². The summed E-state index contributed by atoms with van der Waals surface area (Å²) in [6, 6.07) is 2.91. The van der Waals surface area contributed by atoms with E-state index < -0.39 is 17.9 Å². The van der Waals surface area contributed by atoms with E-state index in [0.717, 1.165) is 16.5 Å². The third kappa shape index (κ3) is 3.86. The highest BCUT2D eigenvalue weighted by Crippen LogP contribution is 2.38. The number of nitrogens with one attached hydrogen (secondary N) is 1. The average Bonchev–Trinajstić information content (AvgIpc) is 3.43. The maximum Gasteiger partial charge on any atom is 0.312 e. The van der Waals surface area contributed by atoms with E-state index in [9.17, 15) is 9.90 Å². The van der Waals surface area contributed by atoms with Gasteiger partial charge in [-0.3, -0.25) is 9.78 Å². The zero-order chi connectivity index (χ0) is 24.7. The van der Waals surface area contributed by atoms with Gasteiger partial charge in [0.05, 0.1) is 22.0 Å². The molecule has 0 saturated carbocycles. The molecule has 0 amide bonds. The van der Waals surface area contributed by atoms with Crippen LogP contribution < -0.4 is 0 Å². The van der Waals surface area contributed by atoms with Crippen LogP contribution in [0.15, 0.2) is 74.6 Å². The van der Waals surface area contributed by atoms with Crippen LogP contribution >= 0.6 is 23.2 Å². The highest BCUT2D eigenvalue weighted by Gasteiger charge is 2.28. The van der Waals surface area contributed by atoms with Crippen molar-refractivity contribution in [3.05, 3.63) is 84.7 Å². The minimum Gasteiger partial charge on any atom is -0.481 e. The number of nitrogens with zero attached hydrogens (tertiary/aromatic N) is 5. The normalized spacial score (nSPS) is 13.1. The second kappa shape index (κ2) is 8.98. The Balaban J connectivity index is 1.79. The molecule has 5 aromatic heterocycles. The Bertz CT molecular complexity index is 1620. The van der Waals surface area contributed by atoms with Gasteiger partial charge in [-0.15, -0.1) is 13.2 Å². The van der Waals surface area contributed by atoms with Gasteiger partial charge in [0.2, 0.25) is 0 Å². The lowest BCUT2D eigenvalue weighted by Crippen LogP contribution is -2.23. The molecule has 8 nitrogen and oxygen atoms in total. The third-order valence-electron chi connectivity index (χ3n) is 5.84. The fourth-order valence-corrected chi connectivity index (χ4v) is 4.56. The molecule has 5 rings (SSSR count). The molecule has 0 aromatic carbocycles. The fraction of sp³-hybridized carbons (Fsp3) is 0.0800. The number of hydrogen-bond acceptors (Lipinski definition) is 5. The molecule has 0 radical (unpaired) electrons. The van der Waals surface area contributed by atoms with E-state index in [1.54, 1.807) is 53.8 Å². The predicted octanol–water partition coefficient (Wildman–Crippen LogP) is 5.96. The minimum atomic E-state index is -1.03. The zero-order valence-electron chi connectivity index (χ0n) is 18.2. The van der Waals surface area contributed by atoms with Crippen molar-refractivity contribution < 1.29 is 9.90 Å². The molecule has 0 aliphatic rings. The maximum atomic E-state index is 12.0. The van der Waals surface area contributed by atoms with Crippen molar-refractivity contribution >= 4 is 51.2 Å². The van der Waals surface area contributed by atoms with Crippen LogP contribution in [0, 0.1) is 5.92 Å². The first-order chi connectivity index (χ1) is 16.9. The molecule has 5 heterocycles. The summed E-state index contributed by atoms with van der Waals surface area (Å²) >= 11 is 12.6. The number of rotatable bonds is 7. The number of halogens is 2. The van der Waals surface area contributed by atoms with Crippen molar-refractivity contribution in [1.29, 1.82) is 0 Å². The quantitative estimate of drug-likeness (QED) is 0.264. The second-order valence-electron chi connectivity index (χ2n) is 7.81. The monoisotopic (exact) mass is 504 g/mol. The third-order valence-corrected chi connectivity index (χ3v) is 6.35. The van der Waals surface area contributed by atoms with Gasteiger partial charge in [0, 0.05) is 64.6 Å². The molecule has 2 N–H and O–H groups in total. The van der Waals surface area contributed by atoms with Crippen LogP contribution in [0.1, 0.15) is 6.04 Å². The molecule has 0 aliphatic heterocycles. The van der Waals surface area contributed by atoms with E-state index in [2.05, 4.69) is 33.1 Å². The highest BCUT2D eigenvalue weighted by molar-refractivity contribution is 6.33. The van der Waals surface area contributed by atoms with E-state index in [1.807, 2.05) is 6.20 Å². The highest BCUT2D eigenvalue weighted by atomic mass is 35.5. The molecule has 0 aliphatic carbocycles. The van der Waals surface area contributed by atoms with E-state index in [1.165, 1.54) is 6.08 Å². The molecule has 174 valence electrons. The number of aromatic amines is 1. The van der Waals surface area contributed by atoms with Crippen molar-refractivity contribution in [1.82, 2.24) is 29.5 Å². The first kappa shape index (κ1) is 22.8. The lowest BCUT2D eigenvalue weighted by atomic mass is 10.00. The lowest BCUT2D eigenvalue weighted by molar-refractivity contribution is -0.140. The molecule has 10 heteroatoms. The van der Waals surface area contributed by atoms with E-state index in [0.29, 0.717) is 38.1 Å². The van der Waals surface area contributed by atoms with Crippen molar-refractivity contribution in [3.63, 3.8) is 0 Å². The van der Waals surface area contributed by atoms with Gasteiger partial charge in [-0.25, -0.2) is 15.0 Å². The van der Waals surface area contributed by atoms with Crippen LogP contribution in [0.4, 0.5) is 0 Å². The summed E-state index contributed by atoms with van der Waals surface area (Å²) in [5, 5.41) is 12.2. The summed E-state index contributed by atoms with van der Waals surface area (Å²) in [6.45, 7) is 7.59. The maximum absolute atomic E-state index is 12.0. The van der Waals surface area contributed by atoms with Crippen LogP contribution in [0.3, 0.4) is 0 Å². The van der Waals surface area contributed by atoms with Gasteiger partial charge < -0.3 is 14.7 Å². The fourth-order valence-electron chi connectivity index (χ4n) is 4.18. The number of pyridine rings is 2. The molecule has 2 atom stereocenters. The molecule has 0 unspecified atom stereocenters. The number of fused-ring (bicyclic) bond motifs is 2. The molecule has 0 spiro atoms. The predicted molar refractivity (Wildman–Crippen MR) is 136 cm³/mol. The molecular weight excluding hydrogens is 487 g/mol. The largest absolute Gasteiger partial charge is 0.481 e. The van der Waals surface area contributed by atoms with E-state index >= 15 is 0 Å². The number of carboxylic acids is 1. The smallest absolute Gasteiger partial charge is 0.312 e. The Hall–Kier alpha value is -4.01.